The highest BCUT2D eigenvalue weighted by molar-refractivity contribution is 5.90. The van der Waals surface area contributed by atoms with E-state index in [1.165, 1.54) is 0 Å². The molecule has 0 aliphatic rings. The molecule has 1 rings (SSSR count). The molecule has 0 saturated carbocycles. The molecule has 0 spiro atoms. The smallest absolute Gasteiger partial charge is 0.293 e. The molecule has 1 amide bonds. The van der Waals surface area contributed by atoms with Crippen LogP contribution in [0.25, 0.3) is 0 Å². The predicted octanol–water partition coefficient (Wildman–Crippen LogP) is 1.24. The Balaban J connectivity index is 2.59. The lowest BCUT2D eigenvalue weighted by Crippen LogP contribution is -2.28. The van der Waals surface area contributed by atoms with Crippen LogP contribution in [0.3, 0.4) is 0 Å². The molecule has 0 atom stereocenters. The van der Waals surface area contributed by atoms with Crippen LogP contribution in [-0.4, -0.2) is 39.6 Å². The standard InChI is InChI=1S/C10H18N4O/c1-4-6-7-14(3)10(15)9-11-8(5-2)12-13-9/h4-7H2,1-3H3,(H,11,12,13). The number of rotatable bonds is 5. The van der Waals surface area contributed by atoms with E-state index in [0.717, 1.165) is 31.6 Å². The molecule has 0 saturated heterocycles. The van der Waals surface area contributed by atoms with E-state index >= 15 is 0 Å². The molecule has 0 bridgehead atoms. The van der Waals surface area contributed by atoms with E-state index in [9.17, 15) is 4.79 Å². The van der Waals surface area contributed by atoms with Gasteiger partial charge in [-0.05, 0) is 6.42 Å². The third-order valence-corrected chi connectivity index (χ3v) is 2.25. The summed E-state index contributed by atoms with van der Waals surface area (Å²) in [6.45, 7) is 4.82. The van der Waals surface area contributed by atoms with E-state index in [1.807, 2.05) is 6.92 Å². The molecular formula is C10H18N4O. The number of carbonyl (C=O) groups excluding carboxylic acids is 1. The lowest BCUT2D eigenvalue weighted by atomic mass is 10.3. The van der Waals surface area contributed by atoms with Crippen molar-refractivity contribution in [3.05, 3.63) is 11.6 Å². The van der Waals surface area contributed by atoms with Crippen LogP contribution in [-0.2, 0) is 6.42 Å². The number of aromatic nitrogens is 3. The Hall–Kier alpha value is -1.39. The average Bonchev–Trinajstić information content (AvgIpc) is 2.73. The fraction of sp³-hybridized carbons (Fsp3) is 0.700. The van der Waals surface area contributed by atoms with Gasteiger partial charge in [-0.3, -0.25) is 9.89 Å². The van der Waals surface area contributed by atoms with Gasteiger partial charge >= 0.3 is 0 Å². The molecule has 5 heteroatoms. The fourth-order valence-corrected chi connectivity index (χ4v) is 1.22. The summed E-state index contributed by atoms with van der Waals surface area (Å²) in [4.78, 5) is 17.5. The van der Waals surface area contributed by atoms with Crippen LogP contribution >= 0.6 is 0 Å². The van der Waals surface area contributed by atoms with Crippen LogP contribution < -0.4 is 0 Å². The number of unbranched alkanes of at least 4 members (excludes halogenated alkanes) is 1. The number of nitrogens with zero attached hydrogens (tertiary/aromatic N) is 3. The number of amides is 1. The van der Waals surface area contributed by atoms with Crippen molar-refractivity contribution in [3.8, 4) is 0 Å². The second-order valence-electron chi connectivity index (χ2n) is 3.54. The fourth-order valence-electron chi connectivity index (χ4n) is 1.22. The van der Waals surface area contributed by atoms with Gasteiger partial charge in [0.05, 0.1) is 0 Å². The van der Waals surface area contributed by atoms with Crippen LogP contribution in [0.4, 0.5) is 0 Å². The van der Waals surface area contributed by atoms with Gasteiger partial charge in [0.2, 0.25) is 5.82 Å². The molecular weight excluding hydrogens is 192 g/mol. The maximum Gasteiger partial charge on any atom is 0.293 e. The number of aromatic amines is 1. The van der Waals surface area contributed by atoms with Gasteiger partial charge in [0.1, 0.15) is 5.82 Å². The highest BCUT2D eigenvalue weighted by Gasteiger charge is 2.15. The van der Waals surface area contributed by atoms with Crippen LogP contribution in [0.2, 0.25) is 0 Å². The Morgan fingerprint density at radius 3 is 2.73 bits per heavy atom. The van der Waals surface area contributed by atoms with Crippen LogP contribution in [0, 0.1) is 0 Å². The number of aryl methyl sites for hydroxylation is 1. The molecule has 5 nitrogen and oxygen atoms in total. The van der Waals surface area contributed by atoms with Gasteiger partial charge in [-0.2, -0.15) is 0 Å². The molecule has 84 valence electrons. The molecule has 0 unspecified atom stereocenters. The Kier molecular flexibility index (Phi) is 4.27. The molecule has 1 aromatic rings. The van der Waals surface area contributed by atoms with Crippen molar-refractivity contribution in [2.24, 2.45) is 0 Å². The maximum atomic E-state index is 11.8. The number of hydrogen-bond acceptors (Lipinski definition) is 3. The molecule has 0 fully saturated rings. The van der Waals surface area contributed by atoms with Crippen LogP contribution in [0.5, 0.6) is 0 Å². The molecule has 1 N–H and O–H groups in total. The van der Waals surface area contributed by atoms with Gasteiger partial charge in [-0.25, -0.2) is 4.98 Å². The van der Waals surface area contributed by atoms with Crippen molar-refractivity contribution in [1.82, 2.24) is 20.1 Å². The molecule has 0 aromatic carbocycles. The van der Waals surface area contributed by atoms with Crippen molar-refractivity contribution < 1.29 is 4.79 Å². The number of H-pyrrole nitrogens is 1. The van der Waals surface area contributed by atoms with E-state index in [4.69, 9.17) is 0 Å². The van der Waals surface area contributed by atoms with Gasteiger partial charge < -0.3 is 4.90 Å². The Morgan fingerprint density at radius 2 is 2.20 bits per heavy atom. The first-order valence-corrected chi connectivity index (χ1v) is 5.35. The summed E-state index contributed by atoms with van der Waals surface area (Å²) >= 11 is 0. The first-order chi connectivity index (χ1) is 7.19. The second-order valence-corrected chi connectivity index (χ2v) is 3.54. The zero-order valence-corrected chi connectivity index (χ0v) is 9.58. The quantitative estimate of drug-likeness (QED) is 0.795. The lowest BCUT2D eigenvalue weighted by molar-refractivity contribution is 0.0781. The molecule has 15 heavy (non-hydrogen) atoms. The largest absolute Gasteiger partial charge is 0.339 e. The van der Waals surface area contributed by atoms with Crippen molar-refractivity contribution in [2.75, 3.05) is 13.6 Å². The van der Waals surface area contributed by atoms with Gasteiger partial charge in [-0.15, -0.1) is 5.10 Å². The molecule has 1 aromatic heterocycles. The van der Waals surface area contributed by atoms with E-state index in [-0.39, 0.29) is 11.7 Å². The minimum atomic E-state index is -0.112. The summed E-state index contributed by atoms with van der Waals surface area (Å²) in [6, 6.07) is 0. The molecule has 0 aliphatic carbocycles. The van der Waals surface area contributed by atoms with Crippen molar-refractivity contribution in [3.63, 3.8) is 0 Å². The molecule has 0 aliphatic heterocycles. The average molecular weight is 210 g/mol. The van der Waals surface area contributed by atoms with Crippen LogP contribution in [0.1, 0.15) is 43.1 Å². The van der Waals surface area contributed by atoms with Gasteiger partial charge in [0, 0.05) is 20.0 Å². The van der Waals surface area contributed by atoms with E-state index in [0.29, 0.717) is 0 Å². The highest BCUT2D eigenvalue weighted by Crippen LogP contribution is 2.00. The first kappa shape index (κ1) is 11.7. The summed E-state index contributed by atoms with van der Waals surface area (Å²) < 4.78 is 0. The number of hydrogen-bond donors (Lipinski definition) is 1. The zero-order chi connectivity index (χ0) is 11.3. The SMILES string of the molecule is CCCCN(C)C(=O)c1n[nH]c(CC)n1. The summed E-state index contributed by atoms with van der Waals surface area (Å²) in [5.74, 6) is 0.909. The Labute approximate surface area is 89.9 Å². The third-order valence-electron chi connectivity index (χ3n) is 2.25. The van der Waals surface area contributed by atoms with Crippen molar-refractivity contribution in [2.45, 2.75) is 33.1 Å². The predicted molar refractivity (Wildman–Crippen MR) is 57.6 cm³/mol. The third kappa shape index (κ3) is 3.04. The van der Waals surface area contributed by atoms with Crippen molar-refractivity contribution in [1.29, 1.82) is 0 Å². The number of carbonyl (C=O) groups is 1. The normalized spacial score (nSPS) is 10.3. The minimum Gasteiger partial charge on any atom is -0.339 e. The topological polar surface area (TPSA) is 61.9 Å². The van der Waals surface area contributed by atoms with E-state index in [1.54, 1.807) is 11.9 Å². The Bertz CT molecular complexity index is 321. The van der Waals surface area contributed by atoms with Gasteiger partial charge in [0.15, 0.2) is 0 Å². The first-order valence-electron chi connectivity index (χ1n) is 5.35. The zero-order valence-electron chi connectivity index (χ0n) is 9.58. The van der Waals surface area contributed by atoms with Crippen LogP contribution in [0.15, 0.2) is 0 Å². The summed E-state index contributed by atoms with van der Waals surface area (Å²) in [5.41, 5.74) is 0. The van der Waals surface area contributed by atoms with Crippen molar-refractivity contribution >= 4 is 5.91 Å². The summed E-state index contributed by atoms with van der Waals surface area (Å²) in [6.07, 6.45) is 2.85. The Morgan fingerprint density at radius 1 is 1.47 bits per heavy atom. The minimum absolute atomic E-state index is 0.112. The maximum absolute atomic E-state index is 11.8. The lowest BCUT2D eigenvalue weighted by Gasteiger charge is -2.13. The van der Waals surface area contributed by atoms with E-state index < -0.39 is 0 Å². The van der Waals surface area contributed by atoms with Gasteiger partial charge in [0.25, 0.3) is 5.91 Å². The second kappa shape index (κ2) is 5.48. The van der Waals surface area contributed by atoms with Gasteiger partial charge in [-0.1, -0.05) is 20.3 Å². The highest BCUT2D eigenvalue weighted by atomic mass is 16.2. The molecule has 0 radical (unpaired) electrons. The molecule has 1 heterocycles. The summed E-state index contributed by atoms with van der Waals surface area (Å²) in [7, 11) is 1.78. The van der Waals surface area contributed by atoms with E-state index in [2.05, 4.69) is 22.1 Å². The monoisotopic (exact) mass is 210 g/mol. The number of nitrogens with one attached hydrogen (secondary N) is 1. The summed E-state index contributed by atoms with van der Waals surface area (Å²) in [5, 5.41) is 6.63.